The van der Waals surface area contributed by atoms with Crippen molar-refractivity contribution >= 4 is 23.1 Å². The SMILES string of the molecule is Cc1cccc(N2CCN(C(=O)CCCNC(=O)c3c(C)nc4c(C)cccn34)CC2)c1C. The minimum absolute atomic E-state index is 0.153. The van der Waals surface area contributed by atoms with Crippen molar-refractivity contribution in [1.82, 2.24) is 19.6 Å². The molecule has 174 valence electrons. The Morgan fingerprint density at radius 3 is 2.45 bits per heavy atom. The van der Waals surface area contributed by atoms with E-state index in [1.165, 1.54) is 16.8 Å². The molecule has 3 heterocycles. The van der Waals surface area contributed by atoms with Crippen molar-refractivity contribution in [2.45, 2.75) is 40.5 Å². The summed E-state index contributed by atoms with van der Waals surface area (Å²) < 4.78 is 1.83. The van der Waals surface area contributed by atoms with Gasteiger partial charge in [0.1, 0.15) is 11.3 Å². The molecular formula is C26H33N5O2. The normalized spacial score (nSPS) is 14.1. The van der Waals surface area contributed by atoms with Gasteiger partial charge >= 0.3 is 0 Å². The number of carbonyl (C=O) groups is 2. The molecule has 0 unspecified atom stereocenters. The van der Waals surface area contributed by atoms with Gasteiger partial charge in [-0.2, -0.15) is 0 Å². The zero-order valence-corrected chi connectivity index (χ0v) is 20.0. The molecule has 3 aromatic rings. The first-order valence-electron chi connectivity index (χ1n) is 11.7. The van der Waals surface area contributed by atoms with Crippen molar-refractivity contribution < 1.29 is 9.59 Å². The van der Waals surface area contributed by atoms with E-state index in [1.807, 2.05) is 41.5 Å². The van der Waals surface area contributed by atoms with Crippen LogP contribution in [-0.2, 0) is 4.79 Å². The highest BCUT2D eigenvalue weighted by atomic mass is 16.2. The number of aryl methyl sites for hydroxylation is 3. The molecule has 1 aliphatic rings. The highest BCUT2D eigenvalue weighted by Crippen LogP contribution is 2.24. The molecule has 1 aromatic carbocycles. The molecule has 2 amide bonds. The number of amides is 2. The number of imidazole rings is 1. The van der Waals surface area contributed by atoms with E-state index in [-0.39, 0.29) is 11.8 Å². The summed E-state index contributed by atoms with van der Waals surface area (Å²) in [6.07, 6.45) is 2.92. The van der Waals surface area contributed by atoms with Gasteiger partial charge in [-0.25, -0.2) is 4.98 Å². The summed E-state index contributed by atoms with van der Waals surface area (Å²) in [5, 5.41) is 2.96. The Kier molecular flexibility index (Phi) is 6.67. The van der Waals surface area contributed by atoms with Crippen molar-refractivity contribution in [3.63, 3.8) is 0 Å². The number of benzene rings is 1. The first-order chi connectivity index (χ1) is 15.9. The van der Waals surface area contributed by atoms with E-state index in [1.54, 1.807) is 0 Å². The number of anilines is 1. The quantitative estimate of drug-likeness (QED) is 0.588. The molecule has 0 saturated carbocycles. The highest BCUT2D eigenvalue weighted by molar-refractivity contribution is 5.94. The van der Waals surface area contributed by atoms with Crippen LogP contribution < -0.4 is 10.2 Å². The van der Waals surface area contributed by atoms with E-state index in [9.17, 15) is 9.59 Å². The molecule has 0 spiro atoms. The molecule has 0 aliphatic carbocycles. The maximum atomic E-state index is 12.7. The first-order valence-corrected chi connectivity index (χ1v) is 11.7. The van der Waals surface area contributed by atoms with Gasteiger partial charge in [-0.05, 0) is 62.9 Å². The van der Waals surface area contributed by atoms with E-state index in [2.05, 4.69) is 47.2 Å². The van der Waals surface area contributed by atoms with Crippen LogP contribution in [0.25, 0.3) is 5.65 Å². The van der Waals surface area contributed by atoms with E-state index >= 15 is 0 Å². The Morgan fingerprint density at radius 1 is 0.970 bits per heavy atom. The third-order valence-electron chi connectivity index (χ3n) is 6.64. The molecule has 33 heavy (non-hydrogen) atoms. The van der Waals surface area contributed by atoms with Gasteiger partial charge in [0.2, 0.25) is 5.91 Å². The van der Waals surface area contributed by atoms with Gasteiger partial charge in [0.15, 0.2) is 0 Å². The fourth-order valence-corrected chi connectivity index (χ4v) is 4.55. The van der Waals surface area contributed by atoms with Gasteiger partial charge in [-0.15, -0.1) is 0 Å². The van der Waals surface area contributed by atoms with Crippen LogP contribution in [0.2, 0.25) is 0 Å². The van der Waals surface area contributed by atoms with Crippen molar-refractivity contribution in [1.29, 1.82) is 0 Å². The first kappa shape index (κ1) is 22.8. The van der Waals surface area contributed by atoms with Crippen LogP contribution in [0, 0.1) is 27.7 Å². The van der Waals surface area contributed by atoms with Crippen LogP contribution >= 0.6 is 0 Å². The van der Waals surface area contributed by atoms with E-state index in [4.69, 9.17) is 0 Å². The van der Waals surface area contributed by atoms with Crippen LogP contribution in [0.15, 0.2) is 36.5 Å². The van der Waals surface area contributed by atoms with Gasteiger partial charge in [0.05, 0.1) is 5.69 Å². The number of pyridine rings is 1. The number of fused-ring (bicyclic) bond motifs is 1. The minimum Gasteiger partial charge on any atom is -0.368 e. The van der Waals surface area contributed by atoms with Gasteiger partial charge in [-0.1, -0.05) is 18.2 Å². The van der Waals surface area contributed by atoms with Crippen molar-refractivity contribution in [2.75, 3.05) is 37.6 Å². The highest BCUT2D eigenvalue weighted by Gasteiger charge is 2.22. The number of nitrogens with one attached hydrogen (secondary N) is 1. The molecule has 1 N–H and O–H groups in total. The van der Waals surface area contributed by atoms with Crippen molar-refractivity contribution in [3.8, 4) is 0 Å². The van der Waals surface area contributed by atoms with E-state index in [0.29, 0.717) is 30.8 Å². The minimum atomic E-state index is -0.153. The lowest BCUT2D eigenvalue weighted by atomic mass is 10.1. The summed E-state index contributed by atoms with van der Waals surface area (Å²) in [5.74, 6) is 0.00617. The lowest BCUT2D eigenvalue weighted by molar-refractivity contribution is -0.131. The molecule has 0 atom stereocenters. The van der Waals surface area contributed by atoms with Crippen molar-refractivity contribution in [3.05, 3.63) is 64.6 Å². The fraction of sp³-hybridized carbons (Fsp3) is 0.423. The summed E-state index contributed by atoms with van der Waals surface area (Å²) in [5.41, 5.74) is 6.97. The molecule has 0 radical (unpaired) electrons. The third kappa shape index (κ3) is 4.72. The summed E-state index contributed by atoms with van der Waals surface area (Å²) in [6.45, 7) is 11.8. The molecule has 4 rings (SSSR count). The van der Waals surface area contributed by atoms with Gasteiger partial charge in [0.25, 0.3) is 5.91 Å². The molecular weight excluding hydrogens is 414 g/mol. The zero-order valence-electron chi connectivity index (χ0n) is 20.0. The number of hydrogen-bond acceptors (Lipinski definition) is 4. The molecule has 2 aromatic heterocycles. The Morgan fingerprint density at radius 2 is 1.70 bits per heavy atom. The summed E-state index contributed by atoms with van der Waals surface area (Å²) in [4.78, 5) is 34.3. The van der Waals surface area contributed by atoms with Crippen LogP contribution in [0.1, 0.15) is 45.7 Å². The summed E-state index contributed by atoms with van der Waals surface area (Å²) in [6, 6.07) is 10.3. The number of piperazine rings is 1. The second-order valence-corrected chi connectivity index (χ2v) is 8.88. The largest absolute Gasteiger partial charge is 0.368 e. The smallest absolute Gasteiger partial charge is 0.270 e. The van der Waals surface area contributed by atoms with E-state index in [0.717, 1.165) is 37.4 Å². The summed E-state index contributed by atoms with van der Waals surface area (Å²) in [7, 11) is 0. The Hall–Kier alpha value is -3.35. The lowest BCUT2D eigenvalue weighted by Gasteiger charge is -2.37. The number of carbonyl (C=O) groups excluding carboxylic acids is 2. The second-order valence-electron chi connectivity index (χ2n) is 8.88. The Bertz CT molecular complexity index is 1170. The summed E-state index contributed by atoms with van der Waals surface area (Å²) >= 11 is 0. The fourth-order valence-electron chi connectivity index (χ4n) is 4.55. The second kappa shape index (κ2) is 9.65. The number of aromatic nitrogens is 2. The maximum absolute atomic E-state index is 12.7. The molecule has 1 aliphatic heterocycles. The van der Waals surface area contributed by atoms with Crippen LogP contribution in [0.5, 0.6) is 0 Å². The molecule has 7 heteroatoms. The predicted molar refractivity (Wildman–Crippen MR) is 131 cm³/mol. The van der Waals surface area contributed by atoms with Crippen molar-refractivity contribution in [2.24, 2.45) is 0 Å². The average Bonchev–Trinajstić information content (AvgIpc) is 3.15. The topological polar surface area (TPSA) is 69.9 Å². The monoisotopic (exact) mass is 447 g/mol. The third-order valence-corrected chi connectivity index (χ3v) is 6.64. The van der Waals surface area contributed by atoms with Gasteiger partial charge in [-0.3, -0.25) is 14.0 Å². The van der Waals surface area contributed by atoms with Crippen LogP contribution in [-0.4, -0.2) is 58.8 Å². The zero-order chi connectivity index (χ0) is 23.5. The lowest BCUT2D eigenvalue weighted by Crippen LogP contribution is -2.49. The molecule has 0 bridgehead atoms. The average molecular weight is 448 g/mol. The standard InChI is InChI=1S/C26H33N5O2/c1-18-8-5-10-22(20(18)3)29-14-16-30(17-15-29)23(32)11-6-12-27-26(33)24-21(4)28-25-19(2)9-7-13-31(24)25/h5,7-10,13H,6,11-12,14-17H2,1-4H3,(H,27,33). The molecule has 1 saturated heterocycles. The number of hydrogen-bond donors (Lipinski definition) is 1. The maximum Gasteiger partial charge on any atom is 0.270 e. The number of nitrogens with zero attached hydrogens (tertiary/aromatic N) is 4. The molecule has 7 nitrogen and oxygen atoms in total. The van der Waals surface area contributed by atoms with Gasteiger partial charge < -0.3 is 15.1 Å². The van der Waals surface area contributed by atoms with Crippen LogP contribution in [0.4, 0.5) is 5.69 Å². The Labute approximate surface area is 195 Å². The van der Waals surface area contributed by atoms with E-state index < -0.39 is 0 Å². The molecule has 1 fully saturated rings. The number of rotatable bonds is 6. The predicted octanol–water partition coefficient (Wildman–Crippen LogP) is 3.43. The van der Waals surface area contributed by atoms with Crippen LogP contribution in [0.3, 0.4) is 0 Å². The van der Waals surface area contributed by atoms with Gasteiger partial charge in [0, 0.05) is 51.0 Å². The Balaban J connectivity index is 1.24.